The van der Waals surface area contributed by atoms with Gasteiger partial charge < -0.3 is 15.5 Å². The van der Waals surface area contributed by atoms with E-state index in [1.807, 2.05) is 0 Å². The summed E-state index contributed by atoms with van der Waals surface area (Å²) >= 11 is 0. The van der Waals surface area contributed by atoms with E-state index in [0.29, 0.717) is 6.42 Å². The molecule has 0 aromatic heterocycles. The molecule has 0 saturated carbocycles. The van der Waals surface area contributed by atoms with Gasteiger partial charge in [-0.3, -0.25) is 4.57 Å². The van der Waals surface area contributed by atoms with Crippen molar-refractivity contribution in [3.63, 3.8) is 0 Å². The van der Waals surface area contributed by atoms with Gasteiger partial charge in [0.25, 0.3) is 0 Å². The summed E-state index contributed by atoms with van der Waals surface area (Å²) in [4.78, 5) is 17.6. The summed E-state index contributed by atoms with van der Waals surface area (Å²) in [5.74, 6) is 0. The number of rotatable bonds is 27. The van der Waals surface area contributed by atoms with E-state index in [1.54, 1.807) is 0 Å². The molecule has 0 amide bonds. The van der Waals surface area contributed by atoms with Crippen molar-refractivity contribution in [3.8, 4) is 0 Å². The third-order valence-corrected chi connectivity index (χ3v) is 7.55. The lowest BCUT2D eigenvalue weighted by Crippen LogP contribution is -1.97. The largest absolute Gasteiger partial charge is 0.330 e. The van der Waals surface area contributed by atoms with Crippen molar-refractivity contribution < 1.29 is 14.4 Å². The fraction of sp³-hybridized carbons (Fsp3) is 1.00. The molecule has 0 unspecified atom stereocenters. The Morgan fingerprint density at radius 1 is 0.375 bits per heavy atom. The van der Waals surface area contributed by atoms with E-state index in [4.69, 9.17) is 15.5 Å². The first-order chi connectivity index (χ1) is 15.6. The summed E-state index contributed by atoms with van der Waals surface area (Å²) in [6.07, 6.45) is 33.3. The van der Waals surface area contributed by atoms with Crippen LogP contribution < -0.4 is 5.73 Å². The smallest absolute Gasteiger partial charge is 0.325 e. The number of unbranched alkanes of at least 4 members (excludes halogenated alkanes) is 24. The van der Waals surface area contributed by atoms with Crippen molar-refractivity contribution in [1.82, 2.24) is 0 Å². The van der Waals surface area contributed by atoms with Crippen LogP contribution in [0.5, 0.6) is 0 Å². The average molecular weight is 476 g/mol. The Labute approximate surface area is 201 Å². The fourth-order valence-electron chi connectivity index (χ4n) is 4.53. The van der Waals surface area contributed by atoms with Crippen LogP contribution in [0.2, 0.25) is 0 Å². The summed E-state index contributed by atoms with van der Waals surface area (Å²) in [6, 6.07) is 0. The lowest BCUT2D eigenvalue weighted by Gasteiger charge is -2.05. The Kier molecular flexibility index (Phi) is 25.8. The van der Waals surface area contributed by atoms with Gasteiger partial charge in [0.15, 0.2) is 0 Å². The van der Waals surface area contributed by atoms with Crippen LogP contribution in [0.4, 0.5) is 0 Å². The molecule has 0 rings (SSSR count). The molecule has 0 saturated heterocycles. The van der Waals surface area contributed by atoms with Crippen LogP contribution in [0.15, 0.2) is 0 Å². The molecule has 0 aliphatic rings. The fourth-order valence-corrected chi connectivity index (χ4v) is 5.16. The zero-order valence-corrected chi connectivity index (χ0v) is 22.3. The monoisotopic (exact) mass is 475 g/mol. The summed E-state index contributed by atoms with van der Waals surface area (Å²) < 4.78 is 10.8. The van der Waals surface area contributed by atoms with Gasteiger partial charge >= 0.3 is 7.60 Å². The standard InChI is InChI=1S/C27H58NO3P/c28-26-24-22-20-18-16-14-12-10-8-6-4-2-1-3-5-7-9-11-13-15-17-19-21-23-25-27-32(29,30)31/h1-28H2,(H2,29,30,31). The molecule has 0 aromatic rings. The van der Waals surface area contributed by atoms with Crippen LogP contribution in [-0.2, 0) is 4.57 Å². The molecule has 0 aliphatic carbocycles. The van der Waals surface area contributed by atoms with Crippen molar-refractivity contribution in [1.29, 1.82) is 0 Å². The molecule has 4 nitrogen and oxygen atoms in total. The molecule has 0 heterocycles. The quantitative estimate of drug-likeness (QED) is 0.0818. The Bertz CT molecular complexity index is 400. The van der Waals surface area contributed by atoms with Crippen molar-refractivity contribution >= 4 is 7.60 Å². The van der Waals surface area contributed by atoms with Crippen LogP contribution in [0.3, 0.4) is 0 Å². The summed E-state index contributed by atoms with van der Waals surface area (Å²) in [5, 5.41) is 0. The van der Waals surface area contributed by atoms with Gasteiger partial charge in [0.2, 0.25) is 0 Å². The van der Waals surface area contributed by atoms with E-state index in [-0.39, 0.29) is 6.16 Å². The molecule has 0 radical (unpaired) electrons. The maximum absolute atomic E-state index is 10.8. The third-order valence-electron chi connectivity index (χ3n) is 6.65. The molecule has 4 N–H and O–H groups in total. The van der Waals surface area contributed by atoms with E-state index in [2.05, 4.69) is 0 Å². The topological polar surface area (TPSA) is 83.6 Å². The number of hydrogen-bond donors (Lipinski definition) is 3. The van der Waals surface area contributed by atoms with Gasteiger partial charge in [0, 0.05) is 6.16 Å². The highest BCUT2D eigenvalue weighted by Crippen LogP contribution is 2.35. The molecular formula is C27H58NO3P. The maximum Gasteiger partial charge on any atom is 0.325 e. The molecule has 0 bridgehead atoms. The summed E-state index contributed by atoms with van der Waals surface area (Å²) in [5.41, 5.74) is 5.52. The van der Waals surface area contributed by atoms with Gasteiger partial charge in [0.1, 0.15) is 0 Å². The lowest BCUT2D eigenvalue weighted by atomic mass is 10.0. The van der Waals surface area contributed by atoms with E-state index in [1.165, 1.54) is 141 Å². The average Bonchev–Trinajstić information content (AvgIpc) is 2.75. The summed E-state index contributed by atoms with van der Waals surface area (Å²) in [7, 11) is -3.77. The normalized spacial score (nSPS) is 12.0. The lowest BCUT2D eigenvalue weighted by molar-refractivity contribution is 0.370. The molecule has 194 valence electrons. The zero-order chi connectivity index (χ0) is 23.6. The molecule has 0 aromatic carbocycles. The minimum atomic E-state index is -3.77. The molecule has 0 atom stereocenters. The van der Waals surface area contributed by atoms with Crippen molar-refractivity contribution in [2.45, 2.75) is 161 Å². The van der Waals surface area contributed by atoms with Crippen LogP contribution in [0.25, 0.3) is 0 Å². The molecular weight excluding hydrogens is 417 g/mol. The number of nitrogens with two attached hydrogens (primary N) is 1. The van der Waals surface area contributed by atoms with Crippen molar-refractivity contribution in [2.24, 2.45) is 5.73 Å². The first kappa shape index (κ1) is 32.1. The van der Waals surface area contributed by atoms with Gasteiger partial charge in [-0.25, -0.2) is 0 Å². The first-order valence-corrected chi connectivity index (χ1v) is 16.1. The molecule has 32 heavy (non-hydrogen) atoms. The van der Waals surface area contributed by atoms with E-state index in [0.717, 1.165) is 19.4 Å². The first-order valence-electron chi connectivity index (χ1n) is 14.3. The van der Waals surface area contributed by atoms with Crippen LogP contribution >= 0.6 is 7.60 Å². The Balaban J connectivity index is 3.03. The molecule has 0 fully saturated rings. The maximum atomic E-state index is 10.8. The summed E-state index contributed by atoms with van der Waals surface area (Å²) in [6.45, 7) is 0.859. The Hall–Kier alpha value is 0.110. The molecule has 0 spiro atoms. The van der Waals surface area contributed by atoms with E-state index < -0.39 is 7.60 Å². The SMILES string of the molecule is NCCCCCCCCCCCCCCCCCCCCCCCCCCCP(=O)(O)O. The van der Waals surface area contributed by atoms with Gasteiger partial charge in [-0.05, 0) is 19.4 Å². The minimum absolute atomic E-state index is 0.0593. The highest BCUT2D eigenvalue weighted by atomic mass is 31.2. The third kappa shape index (κ3) is 30.1. The van der Waals surface area contributed by atoms with Gasteiger partial charge in [0.05, 0.1) is 0 Å². The Morgan fingerprint density at radius 3 is 0.750 bits per heavy atom. The highest BCUT2D eigenvalue weighted by Gasteiger charge is 2.10. The van der Waals surface area contributed by atoms with Crippen LogP contribution in [0.1, 0.15) is 161 Å². The second-order valence-corrected chi connectivity index (χ2v) is 11.8. The van der Waals surface area contributed by atoms with Gasteiger partial charge in [-0.15, -0.1) is 0 Å². The predicted molar refractivity (Wildman–Crippen MR) is 141 cm³/mol. The van der Waals surface area contributed by atoms with Crippen molar-refractivity contribution in [3.05, 3.63) is 0 Å². The van der Waals surface area contributed by atoms with E-state index >= 15 is 0 Å². The minimum Gasteiger partial charge on any atom is -0.330 e. The molecule has 5 heteroatoms. The van der Waals surface area contributed by atoms with Gasteiger partial charge in [-0.2, -0.15) is 0 Å². The van der Waals surface area contributed by atoms with Gasteiger partial charge in [-0.1, -0.05) is 148 Å². The Morgan fingerprint density at radius 2 is 0.562 bits per heavy atom. The number of hydrogen-bond acceptors (Lipinski definition) is 2. The second kappa shape index (κ2) is 25.7. The highest BCUT2D eigenvalue weighted by molar-refractivity contribution is 7.51. The van der Waals surface area contributed by atoms with Crippen molar-refractivity contribution in [2.75, 3.05) is 12.7 Å². The predicted octanol–water partition coefficient (Wildman–Crippen LogP) is 8.88. The van der Waals surface area contributed by atoms with E-state index in [9.17, 15) is 4.57 Å². The van der Waals surface area contributed by atoms with Crippen LogP contribution in [0, 0.1) is 0 Å². The zero-order valence-electron chi connectivity index (χ0n) is 21.4. The van der Waals surface area contributed by atoms with Crippen LogP contribution in [-0.4, -0.2) is 22.5 Å². The second-order valence-electron chi connectivity index (χ2n) is 10.0. The molecule has 0 aliphatic heterocycles.